The molecule has 1 aromatic carbocycles. The lowest BCUT2D eigenvalue weighted by atomic mass is 9.66. The number of carboxylic acid groups (broad SMARTS) is 1. The van der Waals surface area contributed by atoms with E-state index in [1.807, 2.05) is 0 Å². The molecule has 2 amide bonds. The third-order valence-corrected chi connectivity index (χ3v) is 9.34. The van der Waals surface area contributed by atoms with Gasteiger partial charge in [0.2, 0.25) is 11.8 Å². The molecule has 2 aliphatic heterocycles. The Kier molecular flexibility index (Phi) is 9.87. The molecule has 1 aliphatic carbocycles. The molecule has 0 unspecified atom stereocenters. The second kappa shape index (κ2) is 13.0. The van der Waals surface area contributed by atoms with Crippen molar-refractivity contribution in [1.82, 2.24) is 14.8 Å². The summed E-state index contributed by atoms with van der Waals surface area (Å²) in [7, 11) is 0. The number of allylic oxidation sites excluding steroid dienone is 1. The predicted molar refractivity (Wildman–Crippen MR) is 152 cm³/mol. The zero-order chi connectivity index (χ0) is 30.8. The molecule has 1 saturated carbocycles. The quantitative estimate of drug-likeness (QED) is 0.269. The summed E-state index contributed by atoms with van der Waals surface area (Å²) in [5.74, 6) is 3.96. The van der Waals surface area contributed by atoms with Crippen molar-refractivity contribution in [1.29, 1.82) is 0 Å². The number of carbonyl (C=O) groups excluding carboxylic acids is 2. The van der Waals surface area contributed by atoms with Crippen LogP contribution in [0, 0.1) is 11.3 Å². The number of nitrogens with two attached hydrogens (primary N) is 2. The maximum absolute atomic E-state index is 14.2. The van der Waals surface area contributed by atoms with Crippen LogP contribution in [0.5, 0.6) is 5.75 Å². The molecule has 0 spiro atoms. The molecule has 10 nitrogen and oxygen atoms in total. The number of nitrogens with zero attached hydrogens (tertiary/aromatic N) is 3. The van der Waals surface area contributed by atoms with Crippen LogP contribution in [0.15, 0.2) is 23.5 Å². The zero-order valence-corrected chi connectivity index (χ0v) is 24.8. The number of carboxylic acids is 1. The van der Waals surface area contributed by atoms with Crippen molar-refractivity contribution < 1.29 is 33.0 Å². The molecule has 3 atom stereocenters. The highest BCUT2D eigenvalue weighted by Crippen LogP contribution is 2.46. The molecule has 42 heavy (non-hydrogen) atoms. The Morgan fingerprint density at radius 2 is 1.98 bits per heavy atom. The van der Waals surface area contributed by atoms with Gasteiger partial charge in [-0.25, -0.2) is 14.6 Å². The van der Waals surface area contributed by atoms with Crippen LogP contribution in [0.25, 0.3) is 0 Å². The molecule has 2 fully saturated rings. The lowest BCUT2D eigenvalue weighted by Gasteiger charge is -2.45. The first kappa shape index (κ1) is 31.8. The topological polar surface area (TPSA) is 142 Å². The van der Waals surface area contributed by atoms with Gasteiger partial charge in [0.1, 0.15) is 18.1 Å². The highest BCUT2D eigenvalue weighted by atomic mass is 35.5. The minimum absolute atomic E-state index is 0.0385. The minimum Gasteiger partial charge on any atom is -0.487 e. The van der Waals surface area contributed by atoms with Crippen LogP contribution < -0.4 is 16.3 Å². The smallest absolute Gasteiger partial charge is 0.310 e. The molecule has 4 rings (SSSR count). The van der Waals surface area contributed by atoms with Gasteiger partial charge in [0.15, 0.2) is 0 Å². The van der Waals surface area contributed by atoms with Gasteiger partial charge in [-0.1, -0.05) is 24.4 Å². The summed E-state index contributed by atoms with van der Waals surface area (Å²) in [6.45, 7) is 3.93. The molecule has 2 heterocycles. The first-order valence-corrected chi connectivity index (χ1v) is 14.8. The van der Waals surface area contributed by atoms with Crippen LogP contribution >= 0.6 is 11.6 Å². The number of aliphatic carboxylic acids is 1. The number of hydrogen-bond donors (Lipinski definition) is 3. The maximum atomic E-state index is 14.2. The van der Waals surface area contributed by atoms with Crippen LogP contribution in [0.3, 0.4) is 0 Å². The fourth-order valence-electron chi connectivity index (χ4n) is 6.50. The third-order valence-electron chi connectivity index (χ3n) is 8.98. The van der Waals surface area contributed by atoms with Gasteiger partial charge >= 0.3 is 5.97 Å². The Balaban J connectivity index is 1.75. The third kappa shape index (κ3) is 6.15. The highest BCUT2D eigenvalue weighted by Gasteiger charge is 2.50. The molecule has 13 heteroatoms. The van der Waals surface area contributed by atoms with Gasteiger partial charge in [0, 0.05) is 43.2 Å². The van der Waals surface area contributed by atoms with E-state index < -0.39 is 42.1 Å². The first-order chi connectivity index (χ1) is 19.9. The van der Waals surface area contributed by atoms with E-state index in [4.69, 9.17) is 27.9 Å². The maximum Gasteiger partial charge on any atom is 0.310 e. The van der Waals surface area contributed by atoms with Crippen molar-refractivity contribution >= 4 is 29.4 Å². The first-order valence-electron chi connectivity index (χ1n) is 14.4. The fourth-order valence-corrected chi connectivity index (χ4v) is 6.76. The summed E-state index contributed by atoms with van der Waals surface area (Å²) in [6.07, 6.45) is 0.857. The van der Waals surface area contributed by atoms with E-state index in [0.717, 1.165) is 23.4 Å². The lowest BCUT2D eigenvalue weighted by Crippen LogP contribution is -2.52. The molecule has 232 valence electrons. The number of rotatable bonds is 10. The molecule has 3 aliphatic rings. The van der Waals surface area contributed by atoms with Gasteiger partial charge in [0.05, 0.1) is 23.1 Å². The molecule has 0 bridgehead atoms. The van der Waals surface area contributed by atoms with Crippen LogP contribution in [0.1, 0.15) is 69.5 Å². The van der Waals surface area contributed by atoms with Crippen molar-refractivity contribution in [3.05, 3.63) is 39.7 Å². The fraction of sp³-hybridized carbons (Fsp3) is 0.621. The molecule has 5 N–H and O–H groups in total. The number of halogens is 3. The van der Waals surface area contributed by atoms with E-state index in [1.165, 1.54) is 0 Å². The Morgan fingerprint density at radius 3 is 2.60 bits per heavy atom. The van der Waals surface area contributed by atoms with Crippen LogP contribution in [-0.2, 0) is 20.8 Å². The van der Waals surface area contributed by atoms with Gasteiger partial charge in [-0.2, -0.15) is 0 Å². The van der Waals surface area contributed by atoms with Crippen molar-refractivity contribution in [3.63, 3.8) is 0 Å². The summed E-state index contributed by atoms with van der Waals surface area (Å²) in [5, 5.41) is 11.4. The number of likely N-dealkylation sites (tertiary alicyclic amines) is 1. The van der Waals surface area contributed by atoms with E-state index in [0.29, 0.717) is 55.0 Å². The van der Waals surface area contributed by atoms with Gasteiger partial charge < -0.3 is 30.4 Å². The normalized spacial score (nSPS) is 24.9. The average molecular weight is 612 g/mol. The number of amides is 2. The summed E-state index contributed by atoms with van der Waals surface area (Å²) >= 11 is 6.63. The molecule has 0 aromatic heterocycles. The van der Waals surface area contributed by atoms with E-state index in [1.54, 1.807) is 35.8 Å². The number of alkyl halides is 2. The lowest BCUT2D eigenvalue weighted by molar-refractivity contribution is -0.162. The Morgan fingerprint density at radius 1 is 1.24 bits per heavy atom. The number of ether oxygens (including phenoxy) is 1. The number of benzene rings is 1. The second-order valence-electron chi connectivity index (χ2n) is 11.5. The Hall–Kier alpha value is -3.12. The largest absolute Gasteiger partial charge is 0.487 e. The Labute approximate surface area is 249 Å². The van der Waals surface area contributed by atoms with E-state index >= 15 is 0 Å². The summed E-state index contributed by atoms with van der Waals surface area (Å²) in [4.78, 5) is 42.7. The molecular formula is C29H40ClF2N5O5. The van der Waals surface area contributed by atoms with Crippen molar-refractivity contribution in [3.8, 4) is 5.75 Å². The predicted octanol–water partition coefficient (Wildman–Crippen LogP) is 3.68. The van der Waals surface area contributed by atoms with Gasteiger partial charge in [0.25, 0.3) is 6.43 Å². The molecule has 1 aromatic rings. The standard InChI is InChI=1S/C29H40ClF2N5O5/c1-3-37(34)25(26(31)32)20(33)16-42-22-10-9-19(30)17-11-14-36(21(24(17)22)15-35-13-6-8-23(35)38)27(39)18-7-4-5-12-29(18,2)28(40)41/h9-10,18,21,26H,3-8,11-16,33-34H2,1-2H3,(H,40,41)/b25-20-/t18-,21+,29-/m0/s1. The number of hydrogen-bond acceptors (Lipinski definition) is 7. The minimum atomic E-state index is -2.92. The average Bonchev–Trinajstić information content (AvgIpc) is 3.36. The Bertz CT molecular complexity index is 1250. The monoisotopic (exact) mass is 611 g/mol. The summed E-state index contributed by atoms with van der Waals surface area (Å²) < 4.78 is 33.5. The van der Waals surface area contributed by atoms with Gasteiger partial charge in [-0.3, -0.25) is 14.4 Å². The number of fused-ring (bicyclic) bond motifs is 1. The van der Waals surface area contributed by atoms with Crippen molar-refractivity contribution in [2.45, 2.75) is 71.3 Å². The zero-order valence-electron chi connectivity index (χ0n) is 24.1. The second-order valence-corrected chi connectivity index (χ2v) is 11.9. The van der Waals surface area contributed by atoms with E-state index in [2.05, 4.69) is 0 Å². The summed E-state index contributed by atoms with van der Waals surface area (Å²) in [6, 6.07) is 2.56. The highest BCUT2D eigenvalue weighted by molar-refractivity contribution is 6.31. The molecular weight excluding hydrogens is 572 g/mol. The summed E-state index contributed by atoms with van der Waals surface area (Å²) in [5.41, 5.74) is 5.32. The van der Waals surface area contributed by atoms with Gasteiger partial charge in [-0.05, 0) is 57.2 Å². The molecule has 0 radical (unpaired) electrons. The SMILES string of the molecule is CCN(N)/C(=C(\N)COc1ccc(Cl)c2c1[C@@H](CN1CCCC1=O)N(C(=O)[C@@H]1CCCC[C@]1(C)C(=O)O)CC2)C(F)F. The van der Waals surface area contributed by atoms with E-state index in [9.17, 15) is 28.3 Å². The van der Waals surface area contributed by atoms with Crippen LogP contribution in [-0.4, -0.2) is 76.9 Å². The van der Waals surface area contributed by atoms with E-state index in [-0.39, 0.29) is 37.1 Å². The molecule has 1 saturated heterocycles. The van der Waals surface area contributed by atoms with Crippen molar-refractivity contribution in [2.24, 2.45) is 22.9 Å². The van der Waals surface area contributed by atoms with Crippen molar-refractivity contribution in [2.75, 3.05) is 32.8 Å². The van der Waals surface area contributed by atoms with Crippen LogP contribution in [0.4, 0.5) is 8.78 Å². The van der Waals surface area contributed by atoms with Gasteiger partial charge in [-0.15, -0.1) is 0 Å². The van der Waals surface area contributed by atoms with Crippen LogP contribution in [0.2, 0.25) is 5.02 Å². The number of carbonyl (C=O) groups is 3. The number of hydrazine groups is 1.